The number of hydrogen-bond donors (Lipinski definition) is 1. The predicted molar refractivity (Wildman–Crippen MR) is 139 cm³/mol. The Kier molecular flexibility index (Phi) is 7.15. The zero-order valence-corrected chi connectivity index (χ0v) is 20.8. The van der Waals surface area contributed by atoms with Gasteiger partial charge in [0.15, 0.2) is 11.0 Å². The minimum atomic E-state index is -0.379. The molecule has 0 spiro atoms. The number of pyridine rings is 1. The van der Waals surface area contributed by atoms with Gasteiger partial charge in [0.1, 0.15) is 16.5 Å². The molecule has 2 aromatic carbocycles. The molecule has 10 heteroatoms. The third-order valence-electron chi connectivity index (χ3n) is 5.42. The molecule has 0 fully saturated rings. The van der Waals surface area contributed by atoms with E-state index in [1.54, 1.807) is 52.7 Å². The van der Waals surface area contributed by atoms with Gasteiger partial charge in [-0.3, -0.25) is 14.3 Å². The van der Waals surface area contributed by atoms with Gasteiger partial charge in [-0.15, -0.1) is 21.5 Å². The first kappa shape index (κ1) is 23.8. The number of halogens is 1. The van der Waals surface area contributed by atoms with Gasteiger partial charge < -0.3 is 5.32 Å². The molecule has 7 nitrogen and oxygen atoms in total. The lowest BCUT2D eigenvalue weighted by atomic mass is 10.1. The molecular formula is C26H21FN6OS2. The fourth-order valence-electron chi connectivity index (χ4n) is 3.61. The Morgan fingerprint density at radius 2 is 1.81 bits per heavy atom. The zero-order chi connectivity index (χ0) is 24.9. The van der Waals surface area contributed by atoms with Gasteiger partial charge in [-0.05, 0) is 36.8 Å². The Morgan fingerprint density at radius 1 is 1.06 bits per heavy atom. The van der Waals surface area contributed by atoms with Crippen molar-refractivity contribution in [2.75, 3.05) is 0 Å². The highest BCUT2D eigenvalue weighted by Crippen LogP contribution is 2.31. The molecule has 36 heavy (non-hydrogen) atoms. The highest BCUT2D eigenvalue weighted by Gasteiger charge is 2.20. The van der Waals surface area contributed by atoms with Gasteiger partial charge in [0.05, 0.1) is 17.5 Å². The van der Waals surface area contributed by atoms with Crippen molar-refractivity contribution in [2.45, 2.75) is 23.9 Å². The number of para-hydroxylation sites is 1. The van der Waals surface area contributed by atoms with Crippen LogP contribution in [0.25, 0.3) is 17.1 Å². The summed E-state index contributed by atoms with van der Waals surface area (Å²) in [7, 11) is 0. The summed E-state index contributed by atoms with van der Waals surface area (Å²) < 4.78 is 16.5. The molecule has 0 aliphatic rings. The first-order valence-electron chi connectivity index (χ1n) is 11.1. The van der Waals surface area contributed by atoms with Crippen LogP contribution < -0.4 is 5.32 Å². The molecule has 3 aromatic heterocycles. The number of carbonyl (C=O) groups is 1. The predicted octanol–water partition coefficient (Wildman–Crippen LogP) is 5.71. The van der Waals surface area contributed by atoms with Crippen LogP contribution in [0.5, 0.6) is 0 Å². The summed E-state index contributed by atoms with van der Waals surface area (Å²) in [6, 6.07) is 19.7. The maximum Gasteiger partial charge on any atom is 0.271 e. The highest BCUT2D eigenvalue weighted by molar-refractivity contribution is 7.98. The Hall–Kier alpha value is -3.89. The van der Waals surface area contributed by atoms with Crippen LogP contribution in [-0.4, -0.2) is 30.6 Å². The molecule has 0 aliphatic carbocycles. The Labute approximate surface area is 215 Å². The summed E-state index contributed by atoms with van der Waals surface area (Å²) in [6.45, 7) is 1.94. The Bertz CT molecular complexity index is 1470. The fourth-order valence-corrected chi connectivity index (χ4v) is 5.34. The maximum absolute atomic E-state index is 14.8. The summed E-state index contributed by atoms with van der Waals surface area (Å²) >= 11 is 2.77. The zero-order valence-electron chi connectivity index (χ0n) is 19.2. The second-order valence-electron chi connectivity index (χ2n) is 7.85. The van der Waals surface area contributed by atoms with E-state index in [4.69, 9.17) is 0 Å². The third kappa shape index (κ3) is 5.19. The first-order chi connectivity index (χ1) is 17.6. The lowest BCUT2D eigenvalue weighted by Gasteiger charge is -2.13. The van der Waals surface area contributed by atoms with Crippen molar-refractivity contribution in [3.05, 3.63) is 107 Å². The van der Waals surface area contributed by atoms with Crippen LogP contribution in [0.2, 0.25) is 0 Å². The molecule has 0 bridgehead atoms. The van der Waals surface area contributed by atoms with Gasteiger partial charge in [0.25, 0.3) is 5.91 Å². The van der Waals surface area contributed by atoms with E-state index < -0.39 is 0 Å². The van der Waals surface area contributed by atoms with E-state index in [0.29, 0.717) is 28.1 Å². The number of carbonyl (C=O) groups excluding carboxylic acids is 1. The van der Waals surface area contributed by atoms with Crippen LogP contribution in [0.3, 0.4) is 0 Å². The molecule has 0 saturated carbocycles. The van der Waals surface area contributed by atoms with E-state index in [1.165, 1.54) is 29.2 Å². The molecule has 5 rings (SSSR count). The smallest absolute Gasteiger partial charge is 0.271 e. The maximum atomic E-state index is 14.8. The van der Waals surface area contributed by atoms with E-state index in [9.17, 15) is 9.18 Å². The van der Waals surface area contributed by atoms with E-state index in [-0.39, 0.29) is 17.8 Å². The first-order valence-corrected chi connectivity index (χ1v) is 13.0. The Morgan fingerprint density at radius 3 is 2.58 bits per heavy atom. The largest absolute Gasteiger partial charge is 0.344 e. The number of amides is 1. The minimum Gasteiger partial charge on any atom is -0.344 e. The summed E-state index contributed by atoms with van der Waals surface area (Å²) in [5, 5.41) is 14.7. The quantitative estimate of drug-likeness (QED) is 0.266. The van der Waals surface area contributed by atoms with Crippen LogP contribution in [0.1, 0.15) is 34.0 Å². The average Bonchev–Trinajstić information content (AvgIpc) is 3.56. The summed E-state index contributed by atoms with van der Waals surface area (Å²) in [4.78, 5) is 21.3. The van der Waals surface area contributed by atoms with Gasteiger partial charge in [-0.25, -0.2) is 9.37 Å². The molecular weight excluding hydrogens is 495 g/mol. The second kappa shape index (κ2) is 10.8. The number of aromatic nitrogens is 5. The standard InChI is InChI=1S/C26H21FN6OS2/c1-17(18-7-3-2-4-8-18)29-25(34)21-15-35-23(30-21)16-36-26-32-31-24(19-11-13-28-14-12-19)33(26)22-10-6-5-9-20(22)27/h2-15,17H,16H2,1H3,(H,29,34). The molecule has 0 radical (unpaired) electrons. The van der Waals surface area contributed by atoms with E-state index in [0.717, 1.165) is 16.1 Å². The summed E-state index contributed by atoms with van der Waals surface area (Å²) in [5.41, 5.74) is 2.51. The van der Waals surface area contributed by atoms with Crippen molar-refractivity contribution in [3.8, 4) is 17.1 Å². The number of nitrogens with zero attached hydrogens (tertiary/aromatic N) is 5. The molecule has 1 amide bonds. The molecule has 0 aliphatic heterocycles. The molecule has 180 valence electrons. The monoisotopic (exact) mass is 516 g/mol. The molecule has 1 atom stereocenters. The van der Waals surface area contributed by atoms with Crippen molar-refractivity contribution in [1.82, 2.24) is 30.0 Å². The fraction of sp³-hybridized carbons (Fsp3) is 0.115. The number of thiazole rings is 1. The van der Waals surface area contributed by atoms with Gasteiger partial charge in [-0.1, -0.05) is 54.2 Å². The van der Waals surface area contributed by atoms with Crippen molar-refractivity contribution < 1.29 is 9.18 Å². The van der Waals surface area contributed by atoms with Crippen LogP contribution in [0, 0.1) is 5.82 Å². The van der Waals surface area contributed by atoms with Crippen LogP contribution >= 0.6 is 23.1 Å². The lowest BCUT2D eigenvalue weighted by molar-refractivity contribution is 0.0935. The Balaban J connectivity index is 1.34. The molecule has 5 aromatic rings. The van der Waals surface area contributed by atoms with Crippen molar-refractivity contribution in [2.24, 2.45) is 0 Å². The minimum absolute atomic E-state index is 0.135. The SMILES string of the molecule is CC(NC(=O)c1csc(CSc2nnc(-c3ccncc3)n2-c2ccccc2F)n1)c1ccccc1. The van der Waals surface area contributed by atoms with E-state index in [2.05, 4.69) is 25.5 Å². The molecule has 1 unspecified atom stereocenters. The van der Waals surface area contributed by atoms with Crippen LogP contribution in [0.4, 0.5) is 4.39 Å². The number of rotatable bonds is 8. The van der Waals surface area contributed by atoms with Gasteiger partial charge in [-0.2, -0.15) is 0 Å². The molecule has 0 saturated heterocycles. The summed E-state index contributed by atoms with van der Waals surface area (Å²) in [6.07, 6.45) is 3.31. The highest BCUT2D eigenvalue weighted by atomic mass is 32.2. The van der Waals surface area contributed by atoms with Crippen LogP contribution in [0.15, 0.2) is 89.7 Å². The van der Waals surface area contributed by atoms with E-state index in [1.807, 2.05) is 37.3 Å². The van der Waals surface area contributed by atoms with Gasteiger partial charge >= 0.3 is 0 Å². The lowest BCUT2D eigenvalue weighted by Crippen LogP contribution is -2.26. The number of benzene rings is 2. The summed E-state index contributed by atoms with van der Waals surface area (Å²) in [5.74, 6) is 0.359. The van der Waals surface area contributed by atoms with Crippen molar-refractivity contribution in [1.29, 1.82) is 0 Å². The number of hydrogen-bond acceptors (Lipinski definition) is 7. The molecule has 1 N–H and O–H groups in total. The molecule has 3 heterocycles. The van der Waals surface area contributed by atoms with Crippen molar-refractivity contribution >= 4 is 29.0 Å². The van der Waals surface area contributed by atoms with Gasteiger partial charge in [0, 0.05) is 23.3 Å². The number of nitrogens with one attached hydrogen (secondary N) is 1. The number of thioether (sulfide) groups is 1. The average molecular weight is 517 g/mol. The second-order valence-corrected chi connectivity index (χ2v) is 9.74. The third-order valence-corrected chi connectivity index (χ3v) is 7.39. The topological polar surface area (TPSA) is 85.6 Å². The van der Waals surface area contributed by atoms with E-state index >= 15 is 0 Å². The normalized spacial score (nSPS) is 11.8. The van der Waals surface area contributed by atoms with Crippen molar-refractivity contribution in [3.63, 3.8) is 0 Å². The van der Waals surface area contributed by atoms with Crippen LogP contribution in [-0.2, 0) is 5.75 Å². The van der Waals surface area contributed by atoms with Gasteiger partial charge in [0.2, 0.25) is 0 Å².